The molecule has 3 nitrogen and oxygen atoms in total. The van der Waals surface area contributed by atoms with Crippen LogP contribution in [0.2, 0.25) is 10.0 Å². The lowest BCUT2D eigenvalue weighted by molar-refractivity contribution is -0.128. The Labute approximate surface area is 111 Å². The molecule has 0 radical (unpaired) electrons. The molecule has 1 amide bonds. The quantitative estimate of drug-likeness (QED) is 0.918. The Morgan fingerprint density at radius 3 is 2.71 bits per heavy atom. The monoisotopic (exact) mass is 272 g/mol. The van der Waals surface area contributed by atoms with E-state index in [0.717, 1.165) is 25.9 Å². The third kappa shape index (κ3) is 3.05. The molecule has 0 aromatic heterocycles. The summed E-state index contributed by atoms with van der Waals surface area (Å²) in [5.74, 6) is 0.110. The van der Waals surface area contributed by atoms with Crippen molar-refractivity contribution in [3.8, 4) is 0 Å². The van der Waals surface area contributed by atoms with E-state index in [4.69, 9.17) is 23.2 Å². The number of rotatable bonds is 3. The van der Waals surface area contributed by atoms with Gasteiger partial charge in [0.2, 0.25) is 5.91 Å². The van der Waals surface area contributed by atoms with Crippen molar-refractivity contribution >= 4 is 34.8 Å². The molecule has 1 aromatic carbocycles. The molecular weight excluding hydrogens is 259 g/mol. The fraction of sp³-hybridized carbons (Fsp3) is 0.417. The summed E-state index contributed by atoms with van der Waals surface area (Å²) in [5.41, 5.74) is 0.701. The Bertz CT molecular complexity index is 417. The molecule has 1 heterocycles. The summed E-state index contributed by atoms with van der Waals surface area (Å²) in [5, 5.41) is 3.98. The minimum Gasteiger partial charge on any atom is -0.375 e. The number of likely N-dealkylation sites (tertiary alicyclic amines) is 1. The van der Waals surface area contributed by atoms with Gasteiger partial charge in [-0.2, -0.15) is 0 Å². The van der Waals surface area contributed by atoms with Gasteiger partial charge in [0.05, 0.1) is 22.3 Å². The fourth-order valence-electron chi connectivity index (χ4n) is 1.89. The number of amides is 1. The number of hydrogen-bond acceptors (Lipinski definition) is 2. The van der Waals surface area contributed by atoms with Gasteiger partial charge in [0.25, 0.3) is 0 Å². The summed E-state index contributed by atoms with van der Waals surface area (Å²) in [6, 6.07) is 5.33. The molecular formula is C12H14Cl2N2O. The average molecular weight is 273 g/mol. The molecule has 0 bridgehead atoms. The first-order valence-electron chi connectivity index (χ1n) is 5.64. The molecule has 1 aromatic rings. The summed E-state index contributed by atoms with van der Waals surface area (Å²) < 4.78 is 0. The Kier molecular flexibility index (Phi) is 4.13. The zero-order chi connectivity index (χ0) is 12.3. The zero-order valence-electron chi connectivity index (χ0n) is 9.38. The van der Waals surface area contributed by atoms with Crippen LogP contribution in [0.15, 0.2) is 18.2 Å². The highest BCUT2D eigenvalue weighted by atomic mass is 35.5. The lowest BCUT2D eigenvalue weighted by Gasteiger charge is -2.16. The van der Waals surface area contributed by atoms with Crippen LogP contribution in [0.5, 0.6) is 0 Å². The van der Waals surface area contributed by atoms with Crippen LogP contribution in [0, 0.1) is 0 Å². The molecule has 0 saturated carbocycles. The predicted octanol–water partition coefficient (Wildman–Crippen LogP) is 3.03. The molecule has 0 aliphatic carbocycles. The van der Waals surface area contributed by atoms with Crippen molar-refractivity contribution in [2.45, 2.75) is 12.8 Å². The van der Waals surface area contributed by atoms with Crippen LogP contribution in [0.1, 0.15) is 12.8 Å². The molecule has 0 unspecified atom stereocenters. The molecule has 1 saturated heterocycles. The summed E-state index contributed by atoms with van der Waals surface area (Å²) in [4.78, 5) is 13.7. The van der Waals surface area contributed by atoms with E-state index in [2.05, 4.69) is 5.32 Å². The third-order valence-corrected chi connectivity index (χ3v) is 3.66. The number of halogens is 2. The molecule has 92 valence electrons. The minimum atomic E-state index is 0.110. The highest BCUT2D eigenvalue weighted by molar-refractivity contribution is 6.43. The first kappa shape index (κ1) is 12.5. The number of carbonyl (C=O) groups is 1. The van der Waals surface area contributed by atoms with E-state index in [0.29, 0.717) is 15.7 Å². The van der Waals surface area contributed by atoms with Gasteiger partial charge in [-0.25, -0.2) is 0 Å². The highest BCUT2D eigenvalue weighted by Crippen LogP contribution is 2.29. The Morgan fingerprint density at radius 1 is 1.29 bits per heavy atom. The number of hydrogen-bond donors (Lipinski definition) is 1. The van der Waals surface area contributed by atoms with Gasteiger partial charge in [-0.15, -0.1) is 0 Å². The van der Waals surface area contributed by atoms with Gasteiger partial charge in [0.15, 0.2) is 0 Å². The number of carbonyl (C=O) groups excluding carboxylic acids is 1. The van der Waals surface area contributed by atoms with Crippen LogP contribution in [-0.2, 0) is 4.79 Å². The smallest absolute Gasteiger partial charge is 0.241 e. The van der Waals surface area contributed by atoms with Crippen LogP contribution < -0.4 is 5.32 Å². The summed E-state index contributed by atoms with van der Waals surface area (Å²) in [6.45, 7) is 1.99. The van der Waals surface area contributed by atoms with E-state index >= 15 is 0 Å². The molecule has 1 fully saturated rings. The lowest BCUT2D eigenvalue weighted by Crippen LogP contribution is -2.33. The van der Waals surface area contributed by atoms with Crippen molar-refractivity contribution in [2.75, 3.05) is 25.0 Å². The number of anilines is 1. The van der Waals surface area contributed by atoms with Gasteiger partial charge in [-0.05, 0) is 25.0 Å². The fourth-order valence-corrected chi connectivity index (χ4v) is 2.26. The van der Waals surface area contributed by atoms with E-state index in [1.807, 2.05) is 11.0 Å². The van der Waals surface area contributed by atoms with Crippen LogP contribution in [0.3, 0.4) is 0 Å². The number of nitrogens with zero attached hydrogens (tertiary/aromatic N) is 1. The van der Waals surface area contributed by atoms with E-state index in [-0.39, 0.29) is 12.5 Å². The van der Waals surface area contributed by atoms with Crippen LogP contribution in [0.25, 0.3) is 0 Å². The van der Waals surface area contributed by atoms with Crippen molar-refractivity contribution in [3.63, 3.8) is 0 Å². The first-order chi connectivity index (χ1) is 8.18. The second kappa shape index (κ2) is 5.61. The maximum absolute atomic E-state index is 11.8. The van der Waals surface area contributed by atoms with Crippen LogP contribution in [-0.4, -0.2) is 30.4 Å². The second-order valence-electron chi connectivity index (χ2n) is 4.04. The Hall–Kier alpha value is -0.930. The maximum atomic E-state index is 11.8. The second-order valence-corrected chi connectivity index (χ2v) is 4.83. The maximum Gasteiger partial charge on any atom is 0.241 e. The number of nitrogens with one attached hydrogen (secondary N) is 1. The van der Waals surface area contributed by atoms with E-state index in [1.54, 1.807) is 12.1 Å². The molecule has 1 aliphatic rings. The van der Waals surface area contributed by atoms with Crippen molar-refractivity contribution in [1.29, 1.82) is 0 Å². The van der Waals surface area contributed by atoms with E-state index < -0.39 is 0 Å². The molecule has 2 rings (SSSR count). The van der Waals surface area contributed by atoms with Crippen LogP contribution >= 0.6 is 23.2 Å². The van der Waals surface area contributed by atoms with Gasteiger partial charge in [0.1, 0.15) is 0 Å². The summed E-state index contributed by atoms with van der Waals surface area (Å²) >= 11 is 11.9. The van der Waals surface area contributed by atoms with Gasteiger partial charge >= 0.3 is 0 Å². The Balaban J connectivity index is 1.93. The topological polar surface area (TPSA) is 32.3 Å². The van der Waals surface area contributed by atoms with E-state index in [1.165, 1.54) is 0 Å². The van der Waals surface area contributed by atoms with Gasteiger partial charge in [-0.3, -0.25) is 4.79 Å². The SMILES string of the molecule is O=C(CNc1cccc(Cl)c1Cl)N1CCCC1. The molecule has 1 aliphatic heterocycles. The van der Waals surface area contributed by atoms with Crippen LogP contribution in [0.4, 0.5) is 5.69 Å². The lowest BCUT2D eigenvalue weighted by atomic mass is 10.3. The predicted molar refractivity (Wildman–Crippen MR) is 70.8 cm³/mol. The average Bonchev–Trinajstić information content (AvgIpc) is 2.84. The van der Waals surface area contributed by atoms with Crippen molar-refractivity contribution in [1.82, 2.24) is 4.90 Å². The molecule has 0 atom stereocenters. The largest absolute Gasteiger partial charge is 0.375 e. The molecule has 17 heavy (non-hydrogen) atoms. The molecule has 5 heteroatoms. The first-order valence-corrected chi connectivity index (χ1v) is 6.40. The van der Waals surface area contributed by atoms with Crippen molar-refractivity contribution < 1.29 is 4.79 Å². The standard InChI is InChI=1S/C12H14Cl2N2O/c13-9-4-3-5-10(12(9)14)15-8-11(17)16-6-1-2-7-16/h3-5,15H,1-2,6-8H2. The number of benzene rings is 1. The van der Waals surface area contributed by atoms with Gasteiger partial charge in [-0.1, -0.05) is 29.3 Å². The summed E-state index contributed by atoms with van der Waals surface area (Å²) in [6.07, 6.45) is 2.20. The highest BCUT2D eigenvalue weighted by Gasteiger charge is 2.17. The zero-order valence-corrected chi connectivity index (χ0v) is 10.9. The van der Waals surface area contributed by atoms with Gasteiger partial charge < -0.3 is 10.2 Å². The Morgan fingerprint density at radius 2 is 2.00 bits per heavy atom. The third-order valence-electron chi connectivity index (χ3n) is 2.84. The molecule has 1 N–H and O–H groups in total. The van der Waals surface area contributed by atoms with Crippen molar-refractivity contribution in [2.24, 2.45) is 0 Å². The van der Waals surface area contributed by atoms with Gasteiger partial charge in [0, 0.05) is 13.1 Å². The van der Waals surface area contributed by atoms with Crippen molar-refractivity contribution in [3.05, 3.63) is 28.2 Å². The summed E-state index contributed by atoms with van der Waals surface area (Å²) in [7, 11) is 0. The molecule has 0 spiro atoms. The normalized spacial score (nSPS) is 15.1. The minimum absolute atomic E-state index is 0.110. The van der Waals surface area contributed by atoms with E-state index in [9.17, 15) is 4.79 Å².